The van der Waals surface area contributed by atoms with Crippen LogP contribution >= 0.6 is 0 Å². The van der Waals surface area contributed by atoms with Crippen LogP contribution in [0.3, 0.4) is 0 Å². The van der Waals surface area contributed by atoms with Crippen LogP contribution in [0.25, 0.3) is 0 Å². The average molecular weight is 238 g/mol. The molecule has 0 saturated heterocycles. The van der Waals surface area contributed by atoms with E-state index in [2.05, 4.69) is 5.32 Å². The van der Waals surface area contributed by atoms with Gasteiger partial charge in [0.15, 0.2) is 5.75 Å². The van der Waals surface area contributed by atoms with Crippen LogP contribution in [0.1, 0.15) is 16.8 Å². The Kier molecular flexibility index (Phi) is 2.82. The quantitative estimate of drug-likeness (QED) is 0.597. The number of nitrogens with zero attached hydrogens (tertiary/aromatic N) is 1. The van der Waals surface area contributed by atoms with Crippen LogP contribution in [-0.4, -0.2) is 29.2 Å². The highest BCUT2D eigenvalue weighted by Crippen LogP contribution is 2.35. The van der Waals surface area contributed by atoms with Crippen LogP contribution in [0.2, 0.25) is 0 Å². The number of anilines is 1. The second-order valence-corrected chi connectivity index (χ2v) is 3.56. The number of nitrogens with one attached hydrogen (secondary N) is 1. The zero-order valence-electron chi connectivity index (χ0n) is 8.80. The van der Waals surface area contributed by atoms with Crippen molar-refractivity contribution < 1.29 is 19.6 Å². The number of fused-ring (bicyclic) bond motifs is 1. The van der Waals surface area contributed by atoms with Crippen molar-refractivity contribution in [2.24, 2.45) is 0 Å². The fourth-order valence-electron chi connectivity index (χ4n) is 1.63. The van der Waals surface area contributed by atoms with E-state index in [4.69, 9.17) is 9.84 Å². The molecule has 1 aromatic carbocycles. The summed E-state index contributed by atoms with van der Waals surface area (Å²) in [4.78, 5) is 21.1. The van der Waals surface area contributed by atoms with Gasteiger partial charge in [0.25, 0.3) is 5.69 Å². The molecule has 17 heavy (non-hydrogen) atoms. The number of carboxylic acids is 1. The van der Waals surface area contributed by atoms with Crippen LogP contribution in [0.4, 0.5) is 11.4 Å². The molecule has 0 radical (unpaired) electrons. The summed E-state index contributed by atoms with van der Waals surface area (Å²) in [5, 5.41) is 22.6. The van der Waals surface area contributed by atoms with Gasteiger partial charge in [-0.25, -0.2) is 4.79 Å². The summed E-state index contributed by atoms with van der Waals surface area (Å²) in [5.74, 6) is -1.07. The van der Waals surface area contributed by atoms with Crippen molar-refractivity contribution in [1.82, 2.24) is 0 Å². The summed E-state index contributed by atoms with van der Waals surface area (Å²) >= 11 is 0. The predicted octanol–water partition coefficient (Wildman–Crippen LogP) is 1.49. The summed E-state index contributed by atoms with van der Waals surface area (Å²) in [6, 6.07) is 2.29. The smallest absolute Gasteiger partial charge is 0.339 e. The van der Waals surface area contributed by atoms with Gasteiger partial charge in [0.2, 0.25) is 0 Å². The molecule has 0 unspecified atom stereocenters. The average Bonchev–Trinajstić information content (AvgIpc) is 2.51. The number of nitro groups is 1. The summed E-state index contributed by atoms with van der Waals surface area (Å²) in [5.41, 5.74) is -0.100. The van der Waals surface area contributed by atoms with Gasteiger partial charge < -0.3 is 15.2 Å². The first-order chi connectivity index (χ1) is 8.09. The molecule has 90 valence electrons. The maximum atomic E-state index is 11.0. The number of aromatic carboxylic acids is 1. The normalized spacial score (nSPS) is 13.9. The zero-order valence-corrected chi connectivity index (χ0v) is 8.80. The molecule has 0 saturated carbocycles. The molecular formula is C10H10N2O5. The molecule has 1 heterocycles. The van der Waals surface area contributed by atoms with Crippen LogP contribution in [0.15, 0.2) is 12.1 Å². The topological polar surface area (TPSA) is 102 Å². The van der Waals surface area contributed by atoms with E-state index in [1.165, 1.54) is 6.07 Å². The number of nitro benzene ring substituents is 1. The highest BCUT2D eigenvalue weighted by atomic mass is 16.6. The van der Waals surface area contributed by atoms with E-state index in [0.717, 1.165) is 6.07 Å². The lowest BCUT2D eigenvalue weighted by atomic mass is 10.1. The molecule has 0 fully saturated rings. The van der Waals surface area contributed by atoms with E-state index in [0.29, 0.717) is 25.3 Å². The molecule has 0 bridgehead atoms. The van der Waals surface area contributed by atoms with E-state index in [1.54, 1.807) is 0 Å². The SMILES string of the molecule is O=C(O)c1cc([N+](=O)[O-])cc2c1OCCCN2. The number of non-ortho nitro benzene ring substituents is 1. The number of carbonyl (C=O) groups is 1. The molecule has 7 heteroatoms. The molecule has 1 aromatic rings. The van der Waals surface area contributed by atoms with E-state index in [-0.39, 0.29) is 17.0 Å². The van der Waals surface area contributed by atoms with Crippen molar-refractivity contribution in [2.45, 2.75) is 6.42 Å². The Bertz CT molecular complexity index is 486. The Morgan fingerprint density at radius 2 is 2.29 bits per heavy atom. The highest BCUT2D eigenvalue weighted by molar-refractivity contribution is 5.94. The minimum absolute atomic E-state index is 0.167. The lowest BCUT2D eigenvalue weighted by Crippen LogP contribution is -2.05. The maximum absolute atomic E-state index is 11.0. The van der Waals surface area contributed by atoms with Crippen LogP contribution in [0, 0.1) is 10.1 Å². The summed E-state index contributed by atoms with van der Waals surface area (Å²) in [6.45, 7) is 0.977. The number of ether oxygens (including phenoxy) is 1. The fourth-order valence-corrected chi connectivity index (χ4v) is 1.63. The van der Waals surface area contributed by atoms with Crippen molar-refractivity contribution in [3.8, 4) is 5.75 Å². The van der Waals surface area contributed by atoms with Gasteiger partial charge >= 0.3 is 5.97 Å². The number of rotatable bonds is 2. The van der Waals surface area contributed by atoms with Gasteiger partial charge in [-0.15, -0.1) is 0 Å². The Morgan fingerprint density at radius 3 is 2.94 bits per heavy atom. The first kappa shape index (κ1) is 11.2. The largest absolute Gasteiger partial charge is 0.490 e. The zero-order chi connectivity index (χ0) is 12.4. The second kappa shape index (κ2) is 4.28. The van der Waals surface area contributed by atoms with Crippen LogP contribution in [0.5, 0.6) is 5.75 Å². The summed E-state index contributed by atoms with van der Waals surface area (Å²) in [6.07, 6.45) is 0.710. The van der Waals surface area contributed by atoms with Crippen molar-refractivity contribution in [3.05, 3.63) is 27.8 Å². The minimum Gasteiger partial charge on any atom is -0.490 e. The summed E-state index contributed by atoms with van der Waals surface area (Å²) in [7, 11) is 0. The lowest BCUT2D eigenvalue weighted by molar-refractivity contribution is -0.384. The molecule has 2 rings (SSSR count). The third-order valence-corrected chi connectivity index (χ3v) is 2.40. The van der Waals surface area contributed by atoms with Gasteiger partial charge in [0.05, 0.1) is 17.2 Å². The van der Waals surface area contributed by atoms with E-state index < -0.39 is 10.9 Å². The van der Waals surface area contributed by atoms with Gasteiger partial charge in [-0.05, 0) is 6.42 Å². The summed E-state index contributed by atoms with van der Waals surface area (Å²) < 4.78 is 5.31. The van der Waals surface area contributed by atoms with Gasteiger partial charge in [-0.2, -0.15) is 0 Å². The van der Waals surface area contributed by atoms with Crippen molar-refractivity contribution >= 4 is 17.3 Å². The van der Waals surface area contributed by atoms with Gasteiger partial charge in [0, 0.05) is 18.7 Å². The third-order valence-electron chi connectivity index (χ3n) is 2.40. The second-order valence-electron chi connectivity index (χ2n) is 3.56. The first-order valence-corrected chi connectivity index (χ1v) is 5.02. The number of benzene rings is 1. The van der Waals surface area contributed by atoms with Gasteiger partial charge in [-0.1, -0.05) is 0 Å². The van der Waals surface area contributed by atoms with Crippen LogP contribution in [-0.2, 0) is 0 Å². The fraction of sp³-hybridized carbons (Fsp3) is 0.300. The molecule has 0 aliphatic carbocycles. The molecular weight excluding hydrogens is 228 g/mol. The lowest BCUT2D eigenvalue weighted by Gasteiger charge is -2.10. The molecule has 0 spiro atoms. The molecule has 0 aromatic heterocycles. The molecule has 1 aliphatic heterocycles. The van der Waals surface area contributed by atoms with Crippen LogP contribution < -0.4 is 10.1 Å². The Balaban J connectivity index is 2.59. The van der Waals surface area contributed by atoms with Gasteiger partial charge in [0.1, 0.15) is 5.56 Å². The first-order valence-electron chi connectivity index (χ1n) is 5.02. The van der Waals surface area contributed by atoms with E-state index in [1.807, 2.05) is 0 Å². The Labute approximate surface area is 96.2 Å². The standard InChI is InChI=1S/C10H10N2O5/c13-10(14)7-4-6(12(15)16)5-8-9(7)17-3-1-2-11-8/h4-5,11H,1-3H2,(H,13,14). The molecule has 1 aliphatic rings. The number of hydrogen-bond acceptors (Lipinski definition) is 5. The minimum atomic E-state index is -1.24. The third kappa shape index (κ3) is 2.12. The van der Waals surface area contributed by atoms with E-state index in [9.17, 15) is 14.9 Å². The Morgan fingerprint density at radius 1 is 1.53 bits per heavy atom. The van der Waals surface area contributed by atoms with Crippen molar-refractivity contribution in [3.63, 3.8) is 0 Å². The van der Waals surface area contributed by atoms with Gasteiger partial charge in [-0.3, -0.25) is 10.1 Å². The molecule has 2 N–H and O–H groups in total. The maximum Gasteiger partial charge on any atom is 0.339 e. The van der Waals surface area contributed by atoms with Crippen molar-refractivity contribution in [2.75, 3.05) is 18.5 Å². The predicted molar refractivity (Wildman–Crippen MR) is 58.7 cm³/mol. The number of hydrogen-bond donors (Lipinski definition) is 2. The monoisotopic (exact) mass is 238 g/mol. The van der Waals surface area contributed by atoms with Crippen molar-refractivity contribution in [1.29, 1.82) is 0 Å². The van der Waals surface area contributed by atoms with E-state index >= 15 is 0 Å². The molecule has 0 amide bonds. The highest BCUT2D eigenvalue weighted by Gasteiger charge is 2.23. The number of carboxylic acid groups (broad SMARTS) is 1. The molecule has 7 nitrogen and oxygen atoms in total. The molecule has 0 atom stereocenters. The Hall–Kier alpha value is -2.31.